The number of amides is 1. The summed E-state index contributed by atoms with van der Waals surface area (Å²) in [4.78, 5) is 14.5. The van der Waals surface area contributed by atoms with Crippen molar-refractivity contribution in [2.75, 3.05) is 38.3 Å². The molecule has 4 nitrogen and oxygen atoms in total. The number of thioether (sulfide) groups is 1. The molecule has 0 aromatic heterocycles. The number of carbonyl (C=O) groups excluding carboxylic acids is 1. The number of hydrogen-bond donors (Lipinski definition) is 1. The molecule has 0 aliphatic rings. The summed E-state index contributed by atoms with van der Waals surface area (Å²) in [6.07, 6.45) is 0. The average molecular weight is 383 g/mol. The number of nitrogens with one attached hydrogen (secondary N) is 1. The largest absolute Gasteiger partial charge is 0.491 e. The summed E-state index contributed by atoms with van der Waals surface area (Å²) in [7, 11) is 3.92. The van der Waals surface area contributed by atoms with E-state index in [2.05, 4.69) is 5.32 Å². The van der Waals surface area contributed by atoms with Crippen LogP contribution in [0.3, 0.4) is 0 Å². The van der Waals surface area contributed by atoms with Gasteiger partial charge in [0.25, 0.3) is 0 Å². The molecule has 1 amide bonds. The fourth-order valence-electron chi connectivity index (χ4n) is 1.94. The van der Waals surface area contributed by atoms with Crippen molar-refractivity contribution in [3.63, 3.8) is 0 Å². The molecular formula is C18H20ClFN2O2S. The smallest absolute Gasteiger partial charge is 0.234 e. The molecule has 0 aliphatic carbocycles. The van der Waals surface area contributed by atoms with E-state index in [1.807, 2.05) is 19.0 Å². The van der Waals surface area contributed by atoms with Crippen LogP contribution < -0.4 is 10.1 Å². The number of nitrogens with zero attached hydrogens (tertiary/aromatic N) is 1. The molecule has 134 valence electrons. The first-order valence-electron chi connectivity index (χ1n) is 7.70. The first kappa shape index (κ1) is 19.6. The number of likely N-dealkylation sites (N-methyl/N-ethyl adjacent to an activating group) is 1. The Morgan fingerprint density at radius 2 is 2.04 bits per heavy atom. The van der Waals surface area contributed by atoms with E-state index in [4.69, 9.17) is 16.3 Å². The molecule has 0 heterocycles. The first-order valence-corrected chi connectivity index (χ1v) is 9.06. The number of carbonyl (C=O) groups is 1. The molecular weight excluding hydrogens is 363 g/mol. The van der Waals surface area contributed by atoms with Crippen molar-refractivity contribution in [2.24, 2.45) is 0 Å². The minimum absolute atomic E-state index is 0.111. The van der Waals surface area contributed by atoms with Gasteiger partial charge in [-0.25, -0.2) is 4.39 Å². The van der Waals surface area contributed by atoms with Gasteiger partial charge in [-0.1, -0.05) is 23.7 Å². The van der Waals surface area contributed by atoms with Gasteiger partial charge in [0.05, 0.1) is 10.8 Å². The zero-order valence-corrected chi connectivity index (χ0v) is 15.7. The van der Waals surface area contributed by atoms with Gasteiger partial charge in [0.2, 0.25) is 5.91 Å². The van der Waals surface area contributed by atoms with Crippen molar-refractivity contribution in [1.29, 1.82) is 0 Å². The van der Waals surface area contributed by atoms with E-state index in [0.717, 1.165) is 18.3 Å². The fraction of sp³-hybridized carbons (Fsp3) is 0.278. The van der Waals surface area contributed by atoms with Crippen molar-refractivity contribution >= 4 is 35.0 Å². The zero-order chi connectivity index (χ0) is 18.2. The molecule has 0 unspecified atom stereocenters. The quantitative estimate of drug-likeness (QED) is 0.696. The minimum Gasteiger partial charge on any atom is -0.491 e. The Labute approximate surface area is 156 Å². The molecule has 2 aromatic rings. The number of hydrogen-bond acceptors (Lipinski definition) is 4. The lowest BCUT2D eigenvalue weighted by Crippen LogP contribution is -2.19. The van der Waals surface area contributed by atoms with Crippen LogP contribution in [0.4, 0.5) is 10.1 Å². The molecule has 0 bridgehead atoms. The van der Waals surface area contributed by atoms with E-state index in [0.29, 0.717) is 28.0 Å². The van der Waals surface area contributed by atoms with E-state index < -0.39 is 0 Å². The molecule has 0 saturated heterocycles. The second-order valence-electron chi connectivity index (χ2n) is 5.56. The van der Waals surface area contributed by atoms with E-state index in [1.54, 1.807) is 36.4 Å². The van der Waals surface area contributed by atoms with Crippen LogP contribution >= 0.6 is 23.4 Å². The van der Waals surface area contributed by atoms with Crippen molar-refractivity contribution in [2.45, 2.75) is 4.90 Å². The molecule has 0 radical (unpaired) electrons. The van der Waals surface area contributed by atoms with Gasteiger partial charge in [0.15, 0.2) is 0 Å². The molecule has 1 N–H and O–H groups in total. The van der Waals surface area contributed by atoms with Crippen LogP contribution in [0.2, 0.25) is 5.02 Å². The summed E-state index contributed by atoms with van der Waals surface area (Å²) in [5.41, 5.74) is 0.573. The third-order valence-electron chi connectivity index (χ3n) is 3.21. The standard InChI is InChI=1S/C18H20ClFN2O2S/c1-22(2)9-10-24-16-8-7-13(11-14(16)19)21-18(23)12-25-17-6-4-3-5-15(17)20/h3-8,11H,9-10,12H2,1-2H3,(H,21,23). The monoisotopic (exact) mass is 382 g/mol. The van der Waals surface area contributed by atoms with Crippen LogP contribution in [0.15, 0.2) is 47.4 Å². The van der Waals surface area contributed by atoms with Crippen LogP contribution in [-0.4, -0.2) is 43.8 Å². The van der Waals surface area contributed by atoms with E-state index in [-0.39, 0.29) is 17.5 Å². The lowest BCUT2D eigenvalue weighted by molar-refractivity contribution is -0.113. The highest BCUT2D eigenvalue weighted by atomic mass is 35.5. The second-order valence-corrected chi connectivity index (χ2v) is 6.99. The summed E-state index contributed by atoms with van der Waals surface area (Å²) in [6, 6.07) is 11.4. The highest BCUT2D eigenvalue weighted by Crippen LogP contribution is 2.28. The van der Waals surface area contributed by atoms with Crippen LogP contribution in [0, 0.1) is 5.82 Å². The number of halogens is 2. The predicted octanol–water partition coefficient (Wildman–Crippen LogP) is 4.15. The Bertz CT molecular complexity index is 728. The maximum Gasteiger partial charge on any atom is 0.234 e. The van der Waals surface area contributed by atoms with Crippen LogP contribution in [0.25, 0.3) is 0 Å². The van der Waals surface area contributed by atoms with Gasteiger partial charge in [-0.15, -0.1) is 11.8 Å². The van der Waals surface area contributed by atoms with Crippen molar-refractivity contribution in [3.8, 4) is 5.75 Å². The van der Waals surface area contributed by atoms with Crippen LogP contribution in [0.1, 0.15) is 0 Å². The highest BCUT2D eigenvalue weighted by Gasteiger charge is 2.09. The summed E-state index contributed by atoms with van der Waals surface area (Å²) >= 11 is 7.32. The van der Waals surface area contributed by atoms with Gasteiger partial charge in [0.1, 0.15) is 18.2 Å². The minimum atomic E-state index is -0.331. The maximum absolute atomic E-state index is 13.5. The lowest BCUT2D eigenvalue weighted by atomic mass is 10.3. The van der Waals surface area contributed by atoms with E-state index in [1.165, 1.54) is 6.07 Å². The van der Waals surface area contributed by atoms with Crippen molar-refractivity contribution < 1.29 is 13.9 Å². The van der Waals surface area contributed by atoms with Gasteiger partial charge in [0, 0.05) is 17.1 Å². The molecule has 0 atom stereocenters. The Morgan fingerprint density at radius 3 is 2.72 bits per heavy atom. The Kier molecular flexibility index (Phi) is 7.55. The second kappa shape index (κ2) is 9.65. The Balaban J connectivity index is 1.86. The number of benzene rings is 2. The molecule has 2 aromatic carbocycles. The first-order chi connectivity index (χ1) is 12.0. The van der Waals surface area contributed by atoms with Crippen LogP contribution in [-0.2, 0) is 4.79 Å². The normalized spacial score (nSPS) is 10.8. The number of anilines is 1. The predicted molar refractivity (Wildman–Crippen MR) is 101 cm³/mol. The zero-order valence-electron chi connectivity index (χ0n) is 14.1. The van der Waals surface area contributed by atoms with Crippen molar-refractivity contribution in [3.05, 3.63) is 53.3 Å². The van der Waals surface area contributed by atoms with Crippen molar-refractivity contribution in [1.82, 2.24) is 4.90 Å². The van der Waals surface area contributed by atoms with Gasteiger partial charge < -0.3 is 15.0 Å². The molecule has 0 spiro atoms. The maximum atomic E-state index is 13.5. The van der Waals surface area contributed by atoms with Gasteiger partial charge in [-0.2, -0.15) is 0 Å². The summed E-state index contributed by atoms with van der Waals surface area (Å²) in [5.74, 6) is 0.120. The van der Waals surface area contributed by atoms with Gasteiger partial charge in [-0.05, 0) is 44.4 Å². The lowest BCUT2D eigenvalue weighted by Gasteiger charge is -2.13. The average Bonchev–Trinajstić information content (AvgIpc) is 2.56. The molecule has 25 heavy (non-hydrogen) atoms. The van der Waals surface area contributed by atoms with Crippen LogP contribution in [0.5, 0.6) is 5.75 Å². The summed E-state index contributed by atoms with van der Waals surface area (Å²) in [5, 5.41) is 3.17. The molecule has 2 rings (SSSR count). The highest BCUT2D eigenvalue weighted by molar-refractivity contribution is 8.00. The molecule has 7 heteroatoms. The Hall–Kier alpha value is -1.76. The van der Waals surface area contributed by atoms with E-state index >= 15 is 0 Å². The number of ether oxygens (including phenoxy) is 1. The topological polar surface area (TPSA) is 41.6 Å². The molecule has 0 fully saturated rings. The fourth-order valence-corrected chi connectivity index (χ4v) is 2.91. The SMILES string of the molecule is CN(C)CCOc1ccc(NC(=O)CSc2ccccc2F)cc1Cl. The van der Waals surface area contributed by atoms with E-state index in [9.17, 15) is 9.18 Å². The number of rotatable bonds is 8. The van der Waals surface area contributed by atoms with Gasteiger partial charge >= 0.3 is 0 Å². The Morgan fingerprint density at radius 1 is 1.28 bits per heavy atom. The molecule has 0 saturated carbocycles. The summed E-state index contributed by atoms with van der Waals surface area (Å²) in [6.45, 7) is 1.31. The third-order valence-corrected chi connectivity index (χ3v) is 4.55. The molecule has 0 aliphatic heterocycles. The third kappa shape index (κ3) is 6.57. The van der Waals surface area contributed by atoms with Gasteiger partial charge in [-0.3, -0.25) is 4.79 Å². The summed E-state index contributed by atoms with van der Waals surface area (Å²) < 4.78 is 19.1.